The van der Waals surface area contributed by atoms with Crippen LogP contribution in [0.3, 0.4) is 0 Å². The van der Waals surface area contributed by atoms with Crippen LogP contribution in [0.2, 0.25) is 0 Å². The number of benzene rings is 1. The molecule has 152 valence electrons. The predicted octanol–water partition coefficient (Wildman–Crippen LogP) is 3.15. The number of aromatic amines is 1. The molecular formula is C23H23N5O2. The lowest BCUT2D eigenvalue weighted by Crippen LogP contribution is -2.48. The van der Waals surface area contributed by atoms with Crippen molar-refractivity contribution in [3.63, 3.8) is 0 Å². The van der Waals surface area contributed by atoms with E-state index in [2.05, 4.69) is 39.2 Å². The number of ether oxygens (including phenoxy) is 1. The summed E-state index contributed by atoms with van der Waals surface area (Å²) in [5, 5.41) is 1.29. The highest BCUT2D eigenvalue weighted by molar-refractivity contribution is 6.04. The number of imidazole rings is 1. The fraction of sp³-hybridized carbons (Fsp3) is 0.348. The number of para-hydroxylation sites is 1. The van der Waals surface area contributed by atoms with E-state index in [4.69, 9.17) is 4.74 Å². The largest absolute Gasteiger partial charge is 0.368 e. The minimum atomic E-state index is -0.331. The van der Waals surface area contributed by atoms with Crippen molar-refractivity contribution in [2.75, 3.05) is 19.7 Å². The highest BCUT2D eigenvalue weighted by Gasteiger charge is 2.43. The van der Waals surface area contributed by atoms with Gasteiger partial charge in [-0.1, -0.05) is 18.2 Å². The van der Waals surface area contributed by atoms with Gasteiger partial charge in [-0.2, -0.15) is 0 Å². The normalized spacial score (nSPS) is 18.2. The first-order chi connectivity index (χ1) is 14.7. The van der Waals surface area contributed by atoms with Crippen molar-refractivity contribution < 1.29 is 9.53 Å². The average Bonchev–Trinajstić information content (AvgIpc) is 3.36. The number of piperidine rings is 1. The van der Waals surface area contributed by atoms with E-state index < -0.39 is 0 Å². The number of H-pyrrole nitrogens is 1. The van der Waals surface area contributed by atoms with Crippen molar-refractivity contribution in [3.8, 4) is 0 Å². The van der Waals surface area contributed by atoms with E-state index in [1.807, 2.05) is 16.5 Å². The van der Waals surface area contributed by atoms with E-state index in [1.54, 1.807) is 18.6 Å². The topological polar surface area (TPSA) is 76.0 Å². The number of fused-ring (bicyclic) bond motifs is 5. The lowest BCUT2D eigenvalue weighted by atomic mass is 9.83. The number of nitrogens with zero attached hydrogens (tertiary/aromatic N) is 4. The summed E-state index contributed by atoms with van der Waals surface area (Å²) in [6.07, 6.45) is 5.89. The molecule has 3 aromatic heterocycles. The Bertz CT molecular complexity index is 1280. The van der Waals surface area contributed by atoms with Crippen molar-refractivity contribution in [3.05, 3.63) is 59.7 Å². The fourth-order valence-electron chi connectivity index (χ4n) is 5.10. The number of amides is 1. The monoisotopic (exact) mass is 401 g/mol. The summed E-state index contributed by atoms with van der Waals surface area (Å²) in [7, 11) is 1.89. The summed E-state index contributed by atoms with van der Waals surface area (Å²) in [5.74, 6) is 0.0172. The van der Waals surface area contributed by atoms with Crippen LogP contribution < -0.4 is 0 Å². The first-order valence-corrected chi connectivity index (χ1v) is 10.5. The molecule has 0 radical (unpaired) electrons. The zero-order valence-electron chi connectivity index (χ0n) is 16.9. The lowest BCUT2D eigenvalue weighted by Gasteiger charge is -2.43. The van der Waals surface area contributed by atoms with Gasteiger partial charge in [-0.05, 0) is 37.0 Å². The molecule has 1 aromatic carbocycles. The minimum Gasteiger partial charge on any atom is -0.368 e. The molecule has 7 nitrogen and oxygen atoms in total. The molecule has 1 amide bonds. The molecule has 1 N–H and O–H groups in total. The number of carbonyl (C=O) groups excluding carboxylic acids is 1. The van der Waals surface area contributed by atoms with E-state index in [-0.39, 0.29) is 11.5 Å². The number of likely N-dealkylation sites (tertiary alicyclic amines) is 1. The Morgan fingerprint density at radius 1 is 1.17 bits per heavy atom. The standard InChI is InChI=1S/C23H23N5O2/c1-27-14-25-19-17(6-10-24-21(19)27)22(29)28-11-8-23(9-12-28)20-16(7-13-30-23)15-4-2-3-5-18(15)26-20/h2-6,10,14,26H,7-9,11-13H2,1H3. The Labute approximate surface area is 173 Å². The fourth-order valence-corrected chi connectivity index (χ4v) is 5.10. The van der Waals surface area contributed by atoms with Gasteiger partial charge >= 0.3 is 0 Å². The molecule has 0 aliphatic carbocycles. The van der Waals surface area contributed by atoms with Crippen LogP contribution >= 0.6 is 0 Å². The van der Waals surface area contributed by atoms with E-state index in [0.717, 1.165) is 31.5 Å². The molecular weight excluding hydrogens is 378 g/mol. The Balaban J connectivity index is 1.30. The third kappa shape index (κ3) is 2.45. The van der Waals surface area contributed by atoms with Crippen molar-refractivity contribution in [1.82, 2.24) is 24.4 Å². The lowest BCUT2D eigenvalue weighted by molar-refractivity contribution is -0.0957. The van der Waals surface area contributed by atoms with Crippen LogP contribution in [-0.4, -0.2) is 50.0 Å². The molecule has 7 heteroatoms. The first kappa shape index (κ1) is 17.7. The van der Waals surface area contributed by atoms with Gasteiger partial charge in [-0.15, -0.1) is 0 Å². The Morgan fingerprint density at radius 2 is 2.00 bits per heavy atom. The van der Waals surface area contributed by atoms with Gasteiger partial charge in [0, 0.05) is 37.2 Å². The second-order valence-electron chi connectivity index (χ2n) is 8.30. The molecule has 0 atom stereocenters. The molecule has 1 spiro atoms. The zero-order valence-corrected chi connectivity index (χ0v) is 16.9. The third-order valence-corrected chi connectivity index (χ3v) is 6.69. The van der Waals surface area contributed by atoms with Gasteiger partial charge in [-0.25, -0.2) is 9.97 Å². The van der Waals surface area contributed by atoms with E-state index >= 15 is 0 Å². The van der Waals surface area contributed by atoms with Gasteiger partial charge in [0.25, 0.3) is 5.91 Å². The molecule has 4 aromatic rings. The summed E-state index contributed by atoms with van der Waals surface area (Å²) >= 11 is 0. The number of carbonyl (C=O) groups is 1. The average molecular weight is 401 g/mol. The van der Waals surface area contributed by atoms with Crippen molar-refractivity contribution in [1.29, 1.82) is 0 Å². The molecule has 2 aliphatic rings. The van der Waals surface area contributed by atoms with Gasteiger partial charge in [-0.3, -0.25) is 4.79 Å². The van der Waals surface area contributed by atoms with E-state index in [1.165, 1.54) is 22.2 Å². The van der Waals surface area contributed by atoms with Gasteiger partial charge in [0.05, 0.1) is 24.2 Å². The summed E-state index contributed by atoms with van der Waals surface area (Å²) in [6.45, 7) is 2.04. The summed E-state index contributed by atoms with van der Waals surface area (Å²) in [5.41, 5.74) is 5.43. The highest BCUT2D eigenvalue weighted by atomic mass is 16.5. The molecule has 0 saturated carbocycles. The number of hydrogen-bond donors (Lipinski definition) is 1. The van der Waals surface area contributed by atoms with Gasteiger partial charge in [0.15, 0.2) is 5.65 Å². The number of aryl methyl sites for hydroxylation is 1. The van der Waals surface area contributed by atoms with Crippen LogP contribution in [-0.2, 0) is 23.8 Å². The maximum atomic E-state index is 13.3. The van der Waals surface area contributed by atoms with Crippen LogP contribution in [0.15, 0.2) is 42.9 Å². The second-order valence-corrected chi connectivity index (χ2v) is 8.30. The van der Waals surface area contributed by atoms with E-state index in [9.17, 15) is 4.79 Å². The summed E-state index contributed by atoms with van der Waals surface area (Å²) < 4.78 is 8.21. The molecule has 30 heavy (non-hydrogen) atoms. The number of aromatic nitrogens is 4. The van der Waals surface area contributed by atoms with Gasteiger partial charge in [0.1, 0.15) is 11.1 Å². The molecule has 5 heterocycles. The molecule has 0 bridgehead atoms. The van der Waals surface area contributed by atoms with Crippen LogP contribution in [0.4, 0.5) is 0 Å². The smallest absolute Gasteiger partial charge is 0.256 e. The number of nitrogens with one attached hydrogen (secondary N) is 1. The SMILES string of the molecule is Cn1cnc2c(C(=O)N3CCC4(CC3)OCCc3c4[nH]c4ccccc34)ccnc21. The van der Waals surface area contributed by atoms with Crippen LogP contribution in [0.25, 0.3) is 22.1 Å². The number of hydrogen-bond acceptors (Lipinski definition) is 4. The highest BCUT2D eigenvalue weighted by Crippen LogP contribution is 2.43. The Morgan fingerprint density at radius 3 is 2.87 bits per heavy atom. The third-order valence-electron chi connectivity index (χ3n) is 6.69. The zero-order chi connectivity index (χ0) is 20.3. The summed E-state index contributed by atoms with van der Waals surface area (Å²) in [4.78, 5) is 27.6. The Hall–Kier alpha value is -3.19. The molecule has 2 aliphatic heterocycles. The van der Waals surface area contributed by atoms with Gasteiger partial charge in [0.2, 0.25) is 0 Å². The van der Waals surface area contributed by atoms with Crippen LogP contribution in [0.5, 0.6) is 0 Å². The quantitative estimate of drug-likeness (QED) is 0.532. The van der Waals surface area contributed by atoms with Crippen LogP contribution in [0, 0.1) is 0 Å². The number of rotatable bonds is 1. The van der Waals surface area contributed by atoms with Crippen molar-refractivity contribution in [2.45, 2.75) is 24.9 Å². The summed E-state index contributed by atoms with van der Waals surface area (Å²) in [6, 6.07) is 10.2. The van der Waals surface area contributed by atoms with Crippen LogP contribution in [0.1, 0.15) is 34.5 Å². The number of pyridine rings is 1. The first-order valence-electron chi connectivity index (χ1n) is 10.5. The maximum absolute atomic E-state index is 13.3. The van der Waals surface area contributed by atoms with Crippen molar-refractivity contribution >= 4 is 28.0 Å². The molecule has 6 rings (SSSR count). The molecule has 1 fully saturated rings. The predicted molar refractivity (Wildman–Crippen MR) is 113 cm³/mol. The molecule has 1 saturated heterocycles. The second kappa shape index (κ2) is 6.40. The van der Waals surface area contributed by atoms with Crippen molar-refractivity contribution in [2.24, 2.45) is 7.05 Å². The Kier molecular flexibility index (Phi) is 3.77. The molecule has 0 unspecified atom stereocenters. The maximum Gasteiger partial charge on any atom is 0.256 e. The van der Waals surface area contributed by atoms with E-state index in [0.29, 0.717) is 24.2 Å². The van der Waals surface area contributed by atoms with Gasteiger partial charge < -0.3 is 19.2 Å². The minimum absolute atomic E-state index is 0.0172.